The minimum atomic E-state index is -2.62. The highest BCUT2D eigenvalue weighted by molar-refractivity contribution is 6.30. The Morgan fingerprint density at radius 2 is 2.00 bits per heavy atom. The molecule has 3 heterocycles. The Hall–Kier alpha value is -3.43. The fraction of sp³-hybridized carbons (Fsp3) is 0.379. The molecule has 2 aromatic carbocycles. The summed E-state index contributed by atoms with van der Waals surface area (Å²) in [6.45, 7) is 4.82. The number of carbonyl (C=O) groups is 1. The zero-order chi connectivity index (χ0) is 27.9. The zero-order valence-electron chi connectivity index (χ0n) is 21.9. The fourth-order valence-corrected chi connectivity index (χ4v) is 5.89. The summed E-state index contributed by atoms with van der Waals surface area (Å²) >= 11 is 6.65. The molecule has 0 bridgehead atoms. The van der Waals surface area contributed by atoms with Crippen LogP contribution < -0.4 is 11.1 Å². The lowest BCUT2D eigenvalue weighted by molar-refractivity contribution is -0.133. The second-order valence-corrected chi connectivity index (χ2v) is 10.7. The number of amidine groups is 1. The number of likely N-dealkylation sites (tertiary alicyclic amines) is 1. The number of nitrogens with two attached hydrogens (primary N) is 1. The number of hydrogen-bond acceptors (Lipinski definition) is 6. The predicted octanol–water partition coefficient (Wildman–Crippen LogP) is 4.84. The predicted molar refractivity (Wildman–Crippen MR) is 147 cm³/mol. The zero-order valence-corrected chi connectivity index (χ0v) is 22.6. The van der Waals surface area contributed by atoms with E-state index in [2.05, 4.69) is 10.3 Å². The van der Waals surface area contributed by atoms with Crippen LogP contribution in [0.25, 0.3) is 5.70 Å². The van der Waals surface area contributed by atoms with E-state index < -0.39 is 12.0 Å². The average molecular weight is 556 g/mol. The molecule has 0 aromatic heterocycles. The van der Waals surface area contributed by atoms with Gasteiger partial charge in [0.1, 0.15) is 28.5 Å². The summed E-state index contributed by atoms with van der Waals surface area (Å²) in [4.78, 5) is 20.6. The number of piperidine rings is 1. The van der Waals surface area contributed by atoms with E-state index >= 15 is 0 Å². The van der Waals surface area contributed by atoms with Crippen LogP contribution in [0.2, 0.25) is 0 Å². The number of nitrogens with zero attached hydrogens (tertiary/aromatic N) is 3. The summed E-state index contributed by atoms with van der Waals surface area (Å²) in [6.07, 6.45) is 0.966. The molecule has 3 aliphatic heterocycles. The number of rotatable bonds is 6. The van der Waals surface area contributed by atoms with Gasteiger partial charge in [-0.3, -0.25) is 4.79 Å². The van der Waals surface area contributed by atoms with Crippen molar-refractivity contribution >= 4 is 29.0 Å². The summed E-state index contributed by atoms with van der Waals surface area (Å²) < 4.78 is 26.5. The molecule has 0 aliphatic carbocycles. The van der Waals surface area contributed by atoms with Crippen molar-refractivity contribution in [3.63, 3.8) is 0 Å². The molecule has 1 amide bonds. The largest absolute Gasteiger partial charge is 0.382 e. The van der Waals surface area contributed by atoms with Crippen molar-refractivity contribution in [2.45, 2.75) is 51.3 Å². The lowest BCUT2D eigenvalue weighted by atomic mass is 9.87. The van der Waals surface area contributed by atoms with Gasteiger partial charge >= 0.3 is 0 Å². The highest BCUT2D eigenvalue weighted by Gasteiger charge is 2.43. The van der Waals surface area contributed by atoms with Crippen molar-refractivity contribution in [3.8, 4) is 0 Å². The number of fused-ring (bicyclic) bond motifs is 1. The molecule has 4 N–H and O–H groups in total. The number of aliphatic hydroxyl groups is 1. The molecule has 206 valence electrons. The maximum absolute atomic E-state index is 13.3. The molecule has 3 aliphatic rings. The molecule has 0 saturated carbocycles. The number of carbonyl (C=O) groups excluding carboxylic acids is 1. The van der Waals surface area contributed by atoms with Crippen LogP contribution in [0.15, 0.2) is 70.6 Å². The minimum Gasteiger partial charge on any atom is -0.382 e. The topological polar surface area (TPSA) is 94.2 Å². The standard InChI is InChI=1S/C29H32ClF2N5O2/c1-3-23(38)36-13-5-7-19(16-36)28-35-24(25-27(33)34-15-22(30)37(25)28)17-9-11-20(12-10-17)29(2,39)21-8-4-6-18(14-21)26(31)32/h4,6,8-12,14-15,19,26,28,35,39H,3,5,7,13,16H2,1-2H3,(H2,33,34)/t19?,28?,29-/m1/s1. The highest BCUT2D eigenvalue weighted by atomic mass is 35.5. The smallest absolute Gasteiger partial charge is 0.263 e. The number of nitrogens with one attached hydrogen (secondary N) is 1. The monoisotopic (exact) mass is 555 g/mol. The van der Waals surface area contributed by atoms with Gasteiger partial charge in [-0.25, -0.2) is 13.8 Å². The van der Waals surface area contributed by atoms with Crippen molar-refractivity contribution in [1.29, 1.82) is 0 Å². The van der Waals surface area contributed by atoms with E-state index in [1.807, 2.05) is 28.9 Å². The molecule has 10 heteroatoms. The number of benzene rings is 2. The molecule has 0 spiro atoms. The molecule has 1 fully saturated rings. The van der Waals surface area contributed by atoms with Crippen LogP contribution in [0.1, 0.15) is 61.8 Å². The third-order valence-electron chi connectivity index (χ3n) is 7.83. The van der Waals surface area contributed by atoms with Crippen LogP contribution in [0.4, 0.5) is 8.78 Å². The van der Waals surface area contributed by atoms with E-state index in [9.17, 15) is 18.7 Å². The summed E-state index contributed by atoms with van der Waals surface area (Å²) in [5, 5.41) is 15.3. The number of halogens is 3. The summed E-state index contributed by atoms with van der Waals surface area (Å²) in [5.41, 5.74) is 7.88. The first-order chi connectivity index (χ1) is 18.6. The molecule has 0 radical (unpaired) electrons. The Labute approximate surface area is 231 Å². The summed E-state index contributed by atoms with van der Waals surface area (Å²) in [5.74, 6) is 0.563. The van der Waals surface area contributed by atoms with Gasteiger partial charge in [-0.2, -0.15) is 0 Å². The van der Waals surface area contributed by atoms with Crippen LogP contribution in [-0.4, -0.2) is 45.9 Å². The van der Waals surface area contributed by atoms with Gasteiger partial charge < -0.3 is 26.0 Å². The lowest BCUT2D eigenvalue weighted by Gasteiger charge is -2.40. The maximum atomic E-state index is 13.3. The molecular weight excluding hydrogens is 524 g/mol. The van der Waals surface area contributed by atoms with Crippen LogP contribution >= 0.6 is 11.6 Å². The molecule has 3 atom stereocenters. The van der Waals surface area contributed by atoms with Gasteiger partial charge in [0.2, 0.25) is 5.91 Å². The number of amides is 1. The van der Waals surface area contributed by atoms with Gasteiger partial charge in [-0.15, -0.1) is 0 Å². The van der Waals surface area contributed by atoms with E-state index in [1.54, 1.807) is 25.1 Å². The van der Waals surface area contributed by atoms with Crippen LogP contribution in [0, 0.1) is 5.92 Å². The van der Waals surface area contributed by atoms with E-state index in [0.717, 1.165) is 30.6 Å². The van der Waals surface area contributed by atoms with E-state index in [0.29, 0.717) is 40.8 Å². The molecule has 7 nitrogen and oxygen atoms in total. The molecule has 2 aromatic rings. The van der Waals surface area contributed by atoms with Gasteiger partial charge in [0, 0.05) is 31.0 Å². The molecule has 5 rings (SSSR count). The van der Waals surface area contributed by atoms with Gasteiger partial charge in [-0.1, -0.05) is 61.0 Å². The maximum Gasteiger partial charge on any atom is 0.263 e. The first-order valence-electron chi connectivity index (χ1n) is 13.1. The number of alkyl halides is 2. The Kier molecular flexibility index (Phi) is 7.39. The van der Waals surface area contributed by atoms with Gasteiger partial charge in [0.25, 0.3) is 6.43 Å². The molecular formula is C29H32ClF2N5O2. The van der Waals surface area contributed by atoms with Crippen molar-refractivity contribution in [2.75, 3.05) is 13.1 Å². The Balaban J connectivity index is 1.45. The van der Waals surface area contributed by atoms with Crippen molar-refractivity contribution < 1.29 is 18.7 Å². The third kappa shape index (κ3) is 5.01. The second-order valence-electron chi connectivity index (χ2n) is 10.3. The normalized spacial score (nSPS) is 22.7. The van der Waals surface area contributed by atoms with Crippen molar-refractivity contribution in [1.82, 2.24) is 15.1 Å². The van der Waals surface area contributed by atoms with E-state index in [1.165, 1.54) is 24.4 Å². The van der Waals surface area contributed by atoms with E-state index in [4.69, 9.17) is 17.3 Å². The minimum absolute atomic E-state index is 0.108. The van der Waals surface area contributed by atoms with Crippen LogP contribution in [-0.2, 0) is 10.4 Å². The Morgan fingerprint density at radius 1 is 1.26 bits per heavy atom. The second kappa shape index (κ2) is 10.6. The quantitative estimate of drug-likeness (QED) is 0.444. The van der Waals surface area contributed by atoms with Crippen molar-refractivity contribution in [3.05, 3.63) is 87.8 Å². The SMILES string of the molecule is CCC(=O)N1CCCC(C2NC(c3ccc([C@@](C)(O)c4cccc(C(F)F)c4)cc3)=C3C(N)=NC=C(Cl)N32)C1. The van der Waals surface area contributed by atoms with Gasteiger partial charge in [0.05, 0.1) is 11.9 Å². The fourth-order valence-electron chi connectivity index (χ4n) is 5.65. The van der Waals surface area contributed by atoms with E-state index in [-0.39, 0.29) is 23.6 Å². The lowest BCUT2D eigenvalue weighted by Crippen LogP contribution is -2.51. The summed E-state index contributed by atoms with van der Waals surface area (Å²) in [6, 6.07) is 13.1. The Morgan fingerprint density at radius 3 is 2.69 bits per heavy atom. The first-order valence-corrected chi connectivity index (χ1v) is 13.5. The molecule has 39 heavy (non-hydrogen) atoms. The van der Waals surface area contributed by atoms with Gasteiger partial charge in [0.15, 0.2) is 0 Å². The molecule has 2 unspecified atom stereocenters. The average Bonchev–Trinajstić information content (AvgIpc) is 3.37. The molecule has 1 saturated heterocycles. The van der Waals surface area contributed by atoms with Crippen LogP contribution in [0.3, 0.4) is 0 Å². The van der Waals surface area contributed by atoms with Crippen LogP contribution in [0.5, 0.6) is 0 Å². The third-order valence-corrected chi connectivity index (χ3v) is 8.11. The summed E-state index contributed by atoms with van der Waals surface area (Å²) in [7, 11) is 0. The highest BCUT2D eigenvalue weighted by Crippen LogP contribution is 2.40. The van der Waals surface area contributed by atoms with Gasteiger partial charge in [-0.05, 0) is 42.5 Å². The number of aliphatic imine (C=N–C) groups is 1. The first kappa shape index (κ1) is 27.1. The van der Waals surface area contributed by atoms with Crippen molar-refractivity contribution in [2.24, 2.45) is 16.6 Å². The number of hydrogen-bond donors (Lipinski definition) is 3. The Bertz CT molecular complexity index is 1360.